The Bertz CT molecular complexity index is 2790. The highest BCUT2D eigenvalue weighted by atomic mass is 15.3. The van der Waals surface area contributed by atoms with Gasteiger partial charge in [-0.3, -0.25) is 14.9 Å². The van der Waals surface area contributed by atoms with E-state index in [9.17, 15) is 0 Å². The molecule has 10 rings (SSSR count). The topological polar surface area (TPSA) is 67.1 Å². The SMILES string of the molecule is c1ccc(-c2nc3c4ccccc4c4ccncc4c3n2-c2cccc(-c3cccc(C4=NC(c5ccccc5)NC(c5ccccc5)N4)c3)c2)cc1. The number of fused-ring (bicyclic) bond motifs is 6. The first-order valence-electron chi connectivity index (χ1n) is 17.9. The van der Waals surface area contributed by atoms with Crippen LogP contribution in [-0.4, -0.2) is 20.4 Å². The first-order chi connectivity index (χ1) is 26.3. The lowest BCUT2D eigenvalue weighted by molar-refractivity contribution is 0.409. The number of hydrogen-bond donors (Lipinski definition) is 2. The molecule has 0 radical (unpaired) electrons. The van der Waals surface area contributed by atoms with Crippen LogP contribution in [-0.2, 0) is 0 Å². The molecule has 1 aliphatic rings. The molecule has 0 amide bonds. The standard InChI is InChI=1S/C47H34N6/c1-4-14-31(15-5-1)44-50-45(32-16-6-2-7-17-32)52-46(51-44)36-22-12-20-34(28-36)35-21-13-23-37(29-35)53-43-41-30-48-27-26-39(41)38-24-10-11-25-40(38)42(43)49-47(53)33-18-8-3-9-19-33/h1-30,44-45,50H,(H,51,52). The van der Waals surface area contributed by atoms with Gasteiger partial charge in [-0.05, 0) is 57.3 Å². The fourth-order valence-electron chi connectivity index (χ4n) is 7.63. The van der Waals surface area contributed by atoms with Gasteiger partial charge in [-0.25, -0.2) is 9.98 Å². The van der Waals surface area contributed by atoms with Crippen molar-refractivity contribution < 1.29 is 0 Å². The summed E-state index contributed by atoms with van der Waals surface area (Å²) < 4.78 is 2.31. The fourth-order valence-corrected chi connectivity index (χ4v) is 7.63. The third-order valence-corrected chi connectivity index (χ3v) is 10.1. The van der Waals surface area contributed by atoms with Crippen molar-refractivity contribution in [3.8, 4) is 28.2 Å². The van der Waals surface area contributed by atoms with Crippen molar-refractivity contribution in [1.29, 1.82) is 0 Å². The van der Waals surface area contributed by atoms with E-state index in [0.717, 1.165) is 77.9 Å². The van der Waals surface area contributed by atoms with Crippen molar-refractivity contribution in [2.45, 2.75) is 12.3 Å². The predicted molar refractivity (Wildman–Crippen MR) is 216 cm³/mol. The third kappa shape index (κ3) is 5.53. The zero-order valence-electron chi connectivity index (χ0n) is 28.8. The van der Waals surface area contributed by atoms with E-state index < -0.39 is 0 Å². The Labute approximate surface area is 307 Å². The van der Waals surface area contributed by atoms with Gasteiger partial charge in [0.1, 0.15) is 24.0 Å². The molecule has 2 atom stereocenters. The molecule has 6 nitrogen and oxygen atoms in total. The molecule has 0 saturated carbocycles. The molecule has 2 unspecified atom stereocenters. The van der Waals surface area contributed by atoms with E-state index in [1.807, 2.05) is 30.6 Å². The highest BCUT2D eigenvalue weighted by Gasteiger charge is 2.26. The molecule has 2 aromatic heterocycles. The summed E-state index contributed by atoms with van der Waals surface area (Å²) in [5.41, 5.74) is 9.58. The van der Waals surface area contributed by atoms with E-state index in [1.54, 1.807) is 0 Å². The van der Waals surface area contributed by atoms with Crippen molar-refractivity contribution in [2.24, 2.45) is 4.99 Å². The van der Waals surface area contributed by atoms with Crippen LogP contribution in [0.3, 0.4) is 0 Å². The lowest BCUT2D eigenvalue weighted by Gasteiger charge is -2.32. The average molecular weight is 683 g/mol. The van der Waals surface area contributed by atoms with Crippen LogP contribution in [0.4, 0.5) is 0 Å². The number of aromatic nitrogens is 3. The normalized spacial score (nSPS) is 15.7. The number of amidine groups is 1. The van der Waals surface area contributed by atoms with Crippen molar-refractivity contribution in [3.05, 3.63) is 199 Å². The molecule has 6 heteroatoms. The molecule has 0 saturated heterocycles. The number of nitrogens with one attached hydrogen (secondary N) is 2. The van der Waals surface area contributed by atoms with Gasteiger partial charge in [0.05, 0.1) is 11.0 Å². The van der Waals surface area contributed by atoms with E-state index in [1.165, 1.54) is 5.39 Å². The van der Waals surface area contributed by atoms with Crippen LogP contribution in [0.15, 0.2) is 187 Å². The maximum absolute atomic E-state index is 5.38. The van der Waals surface area contributed by atoms with Gasteiger partial charge in [-0.1, -0.05) is 146 Å². The van der Waals surface area contributed by atoms with Gasteiger partial charge in [0.2, 0.25) is 0 Å². The van der Waals surface area contributed by atoms with Crippen LogP contribution in [0.25, 0.3) is 60.8 Å². The molecule has 252 valence electrons. The average Bonchev–Trinajstić information content (AvgIpc) is 3.66. The van der Waals surface area contributed by atoms with Crippen molar-refractivity contribution >= 4 is 38.4 Å². The van der Waals surface area contributed by atoms with Crippen LogP contribution in [0.1, 0.15) is 29.0 Å². The van der Waals surface area contributed by atoms with Crippen LogP contribution < -0.4 is 10.6 Å². The monoisotopic (exact) mass is 682 g/mol. The number of rotatable bonds is 6. The minimum absolute atomic E-state index is 0.104. The lowest BCUT2D eigenvalue weighted by Crippen LogP contribution is -2.44. The van der Waals surface area contributed by atoms with Crippen molar-refractivity contribution in [1.82, 2.24) is 25.2 Å². The molecular weight excluding hydrogens is 649 g/mol. The van der Waals surface area contributed by atoms with Crippen LogP contribution in [0, 0.1) is 0 Å². The van der Waals surface area contributed by atoms with Gasteiger partial charge in [-0.2, -0.15) is 0 Å². The Morgan fingerprint density at radius 2 is 1.13 bits per heavy atom. The molecular formula is C47H34N6. The molecule has 0 spiro atoms. The predicted octanol–water partition coefficient (Wildman–Crippen LogP) is 10.4. The Balaban J connectivity index is 1.12. The first kappa shape index (κ1) is 30.9. The lowest BCUT2D eigenvalue weighted by atomic mass is 10.00. The second-order valence-corrected chi connectivity index (χ2v) is 13.4. The Hall–Kier alpha value is -6.89. The maximum Gasteiger partial charge on any atom is 0.145 e. The highest BCUT2D eigenvalue weighted by molar-refractivity contribution is 6.24. The molecule has 1 aliphatic heterocycles. The Morgan fingerprint density at radius 1 is 0.509 bits per heavy atom. The Morgan fingerprint density at radius 3 is 1.92 bits per heavy atom. The van der Waals surface area contributed by atoms with E-state index in [0.29, 0.717) is 0 Å². The Kier molecular flexibility index (Phi) is 7.59. The van der Waals surface area contributed by atoms with Gasteiger partial charge in [0.15, 0.2) is 0 Å². The summed E-state index contributed by atoms with van der Waals surface area (Å²) in [6.07, 6.45) is 3.55. The van der Waals surface area contributed by atoms with E-state index in [2.05, 4.69) is 172 Å². The molecule has 53 heavy (non-hydrogen) atoms. The van der Waals surface area contributed by atoms with E-state index in [-0.39, 0.29) is 12.3 Å². The number of benzene rings is 7. The van der Waals surface area contributed by atoms with Crippen LogP contribution in [0.5, 0.6) is 0 Å². The largest absolute Gasteiger partial charge is 0.350 e. The summed E-state index contributed by atoms with van der Waals surface area (Å²) in [5.74, 6) is 1.74. The van der Waals surface area contributed by atoms with Crippen LogP contribution in [0.2, 0.25) is 0 Å². The number of nitrogens with zero attached hydrogens (tertiary/aromatic N) is 4. The minimum atomic E-state index is -0.198. The van der Waals surface area contributed by atoms with Crippen LogP contribution >= 0.6 is 0 Å². The summed E-state index contributed by atoms with van der Waals surface area (Å²) in [6, 6.07) is 59.4. The molecule has 0 aliphatic carbocycles. The molecule has 0 bridgehead atoms. The molecule has 9 aromatic rings. The van der Waals surface area contributed by atoms with Crippen molar-refractivity contribution in [3.63, 3.8) is 0 Å². The second-order valence-electron chi connectivity index (χ2n) is 13.4. The van der Waals surface area contributed by atoms with Gasteiger partial charge in [0, 0.05) is 40.0 Å². The van der Waals surface area contributed by atoms with Gasteiger partial charge in [0.25, 0.3) is 0 Å². The highest BCUT2D eigenvalue weighted by Crippen LogP contribution is 2.39. The van der Waals surface area contributed by atoms with Gasteiger partial charge in [-0.15, -0.1) is 0 Å². The fraction of sp³-hybridized carbons (Fsp3) is 0.0426. The summed E-state index contributed by atoms with van der Waals surface area (Å²) in [7, 11) is 0. The smallest absolute Gasteiger partial charge is 0.145 e. The summed E-state index contributed by atoms with van der Waals surface area (Å²) in [4.78, 5) is 15.2. The molecule has 0 fully saturated rings. The zero-order chi connectivity index (χ0) is 35.1. The van der Waals surface area contributed by atoms with Crippen molar-refractivity contribution in [2.75, 3.05) is 0 Å². The van der Waals surface area contributed by atoms with E-state index in [4.69, 9.17) is 9.98 Å². The third-order valence-electron chi connectivity index (χ3n) is 10.1. The number of imidazole rings is 1. The maximum atomic E-state index is 5.38. The van der Waals surface area contributed by atoms with E-state index >= 15 is 0 Å². The summed E-state index contributed by atoms with van der Waals surface area (Å²) in [5, 5.41) is 11.9. The summed E-state index contributed by atoms with van der Waals surface area (Å²) >= 11 is 0. The van der Waals surface area contributed by atoms with Gasteiger partial charge < -0.3 is 5.32 Å². The van der Waals surface area contributed by atoms with Gasteiger partial charge >= 0.3 is 0 Å². The second kappa shape index (κ2) is 13.0. The molecule has 2 N–H and O–H groups in total. The zero-order valence-corrected chi connectivity index (χ0v) is 28.8. The number of pyridine rings is 1. The molecule has 3 heterocycles. The minimum Gasteiger partial charge on any atom is -0.350 e. The first-order valence-corrected chi connectivity index (χ1v) is 17.9. The number of hydrogen-bond acceptors (Lipinski definition) is 5. The summed E-state index contributed by atoms with van der Waals surface area (Å²) in [6.45, 7) is 0. The number of aliphatic imine (C=N–C) groups is 1. The molecule has 7 aromatic carbocycles. The quantitative estimate of drug-likeness (QED) is 0.171.